The molecule has 3 heterocycles. The quantitative estimate of drug-likeness (QED) is 0.760. The number of nitrogens with zero attached hydrogens (tertiary/aromatic N) is 6. The number of rotatable bonds is 4. The summed E-state index contributed by atoms with van der Waals surface area (Å²) < 4.78 is 1.74. The van der Waals surface area contributed by atoms with E-state index in [0.29, 0.717) is 11.3 Å². The average Bonchev–Trinajstić information content (AvgIpc) is 3.19. The first kappa shape index (κ1) is 19.3. The van der Waals surface area contributed by atoms with Crippen molar-refractivity contribution in [2.45, 2.75) is 51.9 Å². The summed E-state index contributed by atoms with van der Waals surface area (Å²) in [5.41, 5.74) is 1.29. The minimum Gasteiger partial charge on any atom is -0.352 e. The highest BCUT2D eigenvalue weighted by Gasteiger charge is 2.51. The lowest BCUT2D eigenvalue weighted by molar-refractivity contribution is -0.139. The molecule has 0 radical (unpaired) electrons. The van der Waals surface area contributed by atoms with Crippen molar-refractivity contribution in [3.8, 4) is 5.82 Å². The van der Waals surface area contributed by atoms with Gasteiger partial charge in [-0.3, -0.25) is 4.79 Å². The van der Waals surface area contributed by atoms with Gasteiger partial charge in [0.05, 0.1) is 5.69 Å². The number of piperazine rings is 1. The van der Waals surface area contributed by atoms with Gasteiger partial charge in [0.15, 0.2) is 11.6 Å². The number of carbonyl (C=O) groups excluding carboxylic acids is 1. The zero-order chi connectivity index (χ0) is 21.0. The molecule has 1 saturated heterocycles. The molecule has 7 heteroatoms. The zero-order valence-corrected chi connectivity index (χ0v) is 18.4. The number of carbonyl (C=O) groups is 1. The molecule has 1 amide bonds. The van der Waals surface area contributed by atoms with Gasteiger partial charge in [0, 0.05) is 38.8 Å². The van der Waals surface area contributed by atoms with E-state index in [1.165, 1.54) is 38.5 Å². The summed E-state index contributed by atoms with van der Waals surface area (Å²) in [6.45, 7) is 5.17. The third-order valence-electron chi connectivity index (χ3n) is 8.24. The van der Waals surface area contributed by atoms with Gasteiger partial charge in [0.25, 0.3) is 0 Å². The van der Waals surface area contributed by atoms with Crippen LogP contribution >= 0.6 is 0 Å². The lowest BCUT2D eigenvalue weighted by atomic mass is 9.49. The van der Waals surface area contributed by atoms with E-state index in [0.717, 1.165) is 67.7 Å². The van der Waals surface area contributed by atoms with E-state index in [1.54, 1.807) is 4.68 Å². The van der Waals surface area contributed by atoms with Crippen LogP contribution in [0.3, 0.4) is 0 Å². The molecule has 164 valence electrons. The van der Waals surface area contributed by atoms with Crippen LogP contribution in [-0.4, -0.2) is 57.0 Å². The average molecular weight is 421 g/mol. The van der Waals surface area contributed by atoms with Gasteiger partial charge < -0.3 is 9.80 Å². The number of aromatic nitrogens is 4. The maximum Gasteiger partial charge on any atom is 0.223 e. The first-order chi connectivity index (χ1) is 15.1. The van der Waals surface area contributed by atoms with Crippen molar-refractivity contribution in [2.24, 2.45) is 23.2 Å². The number of anilines is 1. The molecule has 0 unspecified atom stereocenters. The predicted octanol–water partition coefficient (Wildman–Crippen LogP) is 3.23. The summed E-state index contributed by atoms with van der Waals surface area (Å²) in [4.78, 5) is 17.5. The molecule has 2 aromatic rings. The van der Waals surface area contributed by atoms with Crippen molar-refractivity contribution < 1.29 is 4.79 Å². The van der Waals surface area contributed by atoms with Crippen molar-refractivity contribution in [3.63, 3.8) is 0 Å². The Hall–Kier alpha value is -2.44. The molecular weight excluding hydrogens is 388 g/mol. The van der Waals surface area contributed by atoms with Crippen LogP contribution in [0.25, 0.3) is 5.82 Å². The number of hydrogen-bond acceptors (Lipinski definition) is 5. The zero-order valence-electron chi connectivity index (χ0n) is 18.4. The number of aryl methyl sites for hydroxylation is 1. The lowest BCUT2D eigenvalue weighted by Crippen LogP contribution is -2.52. The fourth-order valence-corrected chi connectivity index (χ4v) is 7.28. The first-order valence-corrected chi connectivity index (χ1v) is 11.9. The van der Waals surface area contributed by atoms with E-state index in [-0.39, 0.29) is 0 Å². The van der Waals surface area contributed by atoms with Gasteiger partial charge in [-0.1, -0.05) is 0 Å². The van der Waals surface area contributed by atoms with Crippen LogP contribution in [0.1, 0.15) is 50.6 Å². The SMILES string of the molecule is Cc1ccn(-c2ccc(N3CCN(C(=O)CC45CC6CC(CC(C6)C4)C5)CC3)nn2)n1. The molecule has 5 fully saturated rings. The monoisotopic (exact) mass is 420 g/mol. The molecule has 0 spiro atoms. The largest absolute Gasteiger partial charge is 0.352 e. The molecule has 0 aromatic carbocycles. The van der Waals surface area contributed by atoms with Gasteiger partial charge in [-0.2, -0.15) is 5.10 Å². The molecule has 4 saturated carbocycles. The number of hydrogen-bond donors (Lipinski definition) is 0. The van der Waals surface area contributed by atoms with Gasteiger partial charge >= 0.3 is 0 Å². The summed E-state index contributed by atoms with van der Waals surface area (Å²) in [5, 5.41) is 13.1. The van der Waals surface area contributed by atoms with Crippen LogP contribution in [0.2, 0.25) is 0 Å². The highest BCUT2D eigenvalue weighted by Crippen LogP contribution is 2.61. The standard InChI is InChI=1S/C24H32N6O/c1-17-4-5-30(27-17)22-3-2-21(25-26-22)28-6-8-29(9-7-28)23(31)16-24-13-18-10-19(14-24)12-20(11-18)15-24/h2-5,18-20H,6-16H2,1H3. The summed E-state index contributed by atoms with van der Waals surface area (Å²) in [5.74, 6) is 4.70. The lowest BCUT2D eigenvalue weighted by Gasteiger charge is -2.57. The van der Waals surface area contributed by atoms with Crippen molar-refractivity contribution in [1.82, 2.24) is 24.9 Å². The van der Waals surface area contributed by atoms with E-state index in [1.807, 2.05) is 31.3 Å². The third-order valence-corrected chi connectivity index (χ3v) is 8.24. The van der Waals surface area contributed by atoms with E-state index in [2.05, 4.69) is 25.1 Å². The second-order valence-corrected chi connectivity index (χ2v) is 10.6. The molecule has 4 bridgehead atoms. The van der Waals surface area contributed by atoms with Crippen LogP contribution < -0.4 is 4.90 Å². The Morgan fingerprint density at radius 2 is 1.55 bits per heavy atom. The highest BCUT2D eigenvalue weighted by atomic mass is 16.2. The first-order valence-electron chi connectivity index (χ1n) is 11.9. The molecule has 7 nitrogen and oxygen atoms in total. The Kier molecular flexibility index (Phi) is 4.54. The Balaban J connectivity index is 1.06. The molecule has 7 rings (SSSR count). The van der Waals surface area contributed by atoms with Gasteiger partial charge in [-0.05, 0) is 86.8 Å². The molecule has 2 aromatic heterocycles. The highest BCUT2D eigenvalue weighted by molar-refractivity contribution is 5.77. The Bertz CT molecular complexity index is 923. The normalized spacial score (nSPS) is 32.0. The molecule has 0 N–H and O–H groups in total. The summed E-state index contributed by atoms with van der Waals surface area (Å²) in [6.07, 6.45) is 10.9. The van der Waals surface area contributed by atoms with Crippen LogP contribution in [-0.2, 0) is 4.79 Å². The van der Waals surface area contributed by atoms with E-state index < -0.39 is 0 Å². The van der Waals surface area contributed by atoms with Crippen LogP contribution in [0, 0.1) is 30.1 Å². The topological polar surface area (TPSA) is 67.2 Å². The van der Waals surface area contributed by atoms with Crippen molar-refractivity contribution in [1.29, 1.82) is 0 Å². The van der Waals surface area contributed by atoms with Gasteiger partial charge in [-0.25, -0.2) is 4.68 Å². The smallest absolute Gasteiger partial charge is 0.223 e. The van der Waals surface area contributed by atoms with E-state index in [4.69, 9.17) is 0 Å². The predicted molar refractivity (Wildman–Crippen MR) is 118 cm³/mol. The molecule has 4 aliphatic carbocycles. The fourth-order valence-electron chi connectivity index (χ4n) is 7.28. The third kappa shape index (κ3) is 3.62. The Labute approximate surface area is 183 Å². The van der Waals surface area contributed by atoms with E-state index >= 15 is 0 Å². The molecule has 0 atom stereocenters. The summed E-state index contributed by atoms with van der Waals surface area (Å²) >= 11 is 0. The van der Waals surface area contributed by atoms with Gasteiger partial charge in [0.2, 0.25) is 5.91 Å². The minimum atomic E-state index is 0.329. The second-order valence-electron chi connectivity index (χ2n) is 10.6. The Morgan fingerprint density at radius 3 is 2.10 bits per heavy atom. The van der Waals surface area contributed by atoms with Crippen LogP contribution in [0.15, 0.2) is 24.4 Å². The molecular formula is C24H32N6O. The summed E-state index contributed by atoms with van der Waals surface area (Å²) in [6, 6.07) is 5.92. The fraction of sp³-hybridized carbons (Fsp3) is 0.667. The van der Waals surface area contributed by atoms with Gasteiger partial charge in [0.1, 0.15) is 0 Å². The molecule has 1 aliphatic heterocycles. The number of amides is 1. The second kappa shape index (κ2) is 7.31. The van der Waals surface area contributed by atoms with Crippen molar-refractivity contribution in [3.05, 3.63) is 30.1 Å². The van der Waals surface area contributed by atoms with Crippen LogP contribution in [0.4, 0.5) is 5.82 Å². The van der Waals surface area contributed by atoms with E-state index in [9.17, 15) is 4.79 Å². The molecule has 5 aliphatic rings. The minimum absolute atomic E-state index is 0.329. The maximum absolute atomic E-state index is 13.2. The Morgan fingerprint density at radius 1 is 0.935 bits per heavy atom. The van der Waals surface area contributed by atoms with Crippen molar-refractivity contribution in [2.75, 3.05) is 31.1 Å². The molecule has 31 heavy (non-hydrogen) atoms. The maximum atomic E-state index is 13.2. The van der Waals surface area contributed by atoms with Crippen molar-refractivity contribution >= 4 is 11.7 Å². The summed E-state index contributed by atoms with van der Waals surface area (Å²) in [7, 11) is 0. The van der Waals surface area contributed by atoms with Crippen LogP contribution in [0.5, 0.6) is 0 Å². The van der Waals surface area contributed by atoms with Gasteiger partial charge in [-0.15, -0.1) is 10.2 Å².